The van der Waals surface area contributed by atoms with E-state index in [0.717, 1.165) is 21.5 Å². The first-order chi connectivity index (χ1) is 10.7. The lowest BCUT2D eigenvalue weighted by Crippen LogP contribution is -2.14. The van der Waals surface area contributed by atoms with E-state index in [1.807, 2.05) is 30.3 Å². The smallest absolute Gasteiger partial charge is 0.234 e. The number of aromatic nitrogens is 1. The van der Waals surface area contributed by atoms with Crippen molar-refractivity contribution in [3.8, 4) is 0 Å². The van der Waals surface area contributed by atoms with Gasteiger partial charge in [0, 0.05) is 16.5 Å². The summed E-state index contributed by atoms with van der Waals surface area (Å²) in [6.45, 7) is 0. The van der Waals surface area contributed by atoms with E-state index in [4.69, 9.17) is 0 Å². The standard InChI is InChI=1S/C17H13FN2OS/c18-12-6-8-13(9-7-12)22-11-17(21)20-16-5-1-4-15-14(16)3-2-10-19-15/h1-10H,11H2,(H,20,21). The molecule has 3 aromatic rings. The van der Waals surface area contributed by atoms with E-state index in [-0.39, 0.29) is 17.5 Å². The Kier molecular flexibility index (Phi) is 4.34. The zero-order valence-electron chi connectivity index (χ0n) is 11.6. The van der Waals surface area contributed by atoms with E-state index in [9.17, 15) is 9.18 Å². The molecule has 3 rings (SSSR count). The van der Waals surface area contributed by atoms with Crippen LogP contribution >= 0.6 is 11.8 Å². The van der Waals surface area contributed by atoms with Crippen LogP contribution in [0.1, 0.15) is 0 Å². The molecular formula is C17H13FN2OS. The number of carbonyl (C=O) groups excluding carboxylic acids is 1. The number of hydrogen-bond donors (Lipinski definition) is 1. The number of thioether (sulfide) groups is 1. The number of anilines is 1. The van der Waals surface area contributed by atoms with Gasteiger partial charge in [0.15, 0.2) is 0 Å². The molecule has 22 heavy (non-hydrogen) atoms. The lowest BCUT2D eigenvalue weighted by Gasteiger charge is -2.08. The number of carbonyl (C=O) groups is 1. The highest BCUT2D eigenvalue weighted by Crippen LogP contribution is 2.22. The molecule has 0 spiro atoms. The fourth-order valence-electron chi connectivity index (χ4n) is 2.08. The number of fused-ring (bicyclic) bond motifs is 1. The molecule has 0 bridgehead atoms. The van der Waals surface area contributed by atoms with E-state index in [1.54, 1.807) is 18.3 Å². The molecule has 3 nitrogen and oxygen atoms in total. The molecular weight excluding hydrogens is 299 g/mol. The van der Waals surface area contributed by atoms with E-state index >= 15 is 0 Å². The second-order valence-electron chi connectivity index (χ2n) is 4.67. The van der Waals surface area contributed by atoms with E-state index in [0.29, 0.717) is 0 Å². The van der Waals surface area contributed by atoms with Crippen LogP contribution in [0.3, 0.4) is 0 Å². The van der Waals surface area contributed by atoms with Crippen LogP contribution in [0.15, 0.2) is 65.7 Å². The molecule has 2 aromatic carbocycles. The van der Waals surface area contributed by atoms with E-state index < -0.39 is 0 Å². The highest BCUT2D eigenvalue weighted by atomic mass is 32.2. The van der Waals surface area contributed by atoms with Gasteiger partial charge in [0.25, 0.3) is 0 Å². The second-order valence-corrected chi connectivity index (χ2v) is 5.72. The van der Waals surface area contributed by atoms with Crippen molar-refractivity contribution in [2.24, 2.45) is 0 Å². The third-order valence-electron chi connectivity index (χ3n) is 3.10. The van der Waals surface area contributed by atoms with Crippen LogP contribution in [-0.2, 0) is 4.79 Å². The Bertz CT molecular complexity index is 800. The van der Waals surface area contributed by atoms with Gasteiger partial charge < -0.3 is 5.32 Å². The Hall–Kier alpha value is -2.40. The van der Waals surface area contributed by atoms with Crippen LogP contribution in [0, 0.1) is 5.82 Å². The Labute approximate surface area is 131 Å². The summed E-state index contributed by atoms with van der Waals surface area (Å²) in [4.78, 5) is 17.2. The van der Waals surface area contributed by atoms with Gasteiger partial charge in [-0.3, -0.25) is 9.78 Å². The third kappa shape index (κ3) is 3.43. The van der Waals surface area contributed by atoms with Crippen LogP contribution in [0.25, 0.3) is 10.9 Å². The average Bonchev–Trinajstić information content (AvgIpc) is 2.55. The van der Waals surface area contributed by atoms with Crippen molar-refractivity contribution in [3.63, 3.8) is 0 Å². The number of pyridine rings is 1. The normalized spacial score (nSPS) is 10.6. The quantitative estimate of drug-likeness (QED) is 0.737. The van der Waals surface area contributed by atoms with Crippen LogP contribution in [-0.4, -0.2) is 16.6 Å². The van der Waals surface area contributed by atoms with E-state index in [2.05, 4.69) is 10.3 Å². The topological polar surface area (TPSA) is 42.0 Å². The van der Waals surface area contributed by atoms with Crippen molar-refractivity contribution in [2.75, 3.05) is 11.1 Å². The maximum atomic E-state index is 12.8. The molecule has 0 saturated carbocycles. The van der Waals surface area contributed by atoms with Crippen LogP contribution in [0.5, 0.6) is 0 Å². The number of amides is 1. The first kappa shape index (κ1) is 14.5. The van der Waals surface area contributed by atoms with Crippen molar-refractivity contribution >= 4 is 34.3 Å². The molecule has 0 atom stereocenters. The number of hydrogen-bond acceptors (Lipinski definition) is 3. The lowest BCUT2D eigenvalue weighted by atomic mass is 10.2. The lowest BCUT2D eigenvalue weighted by molar-refractivity contribution is -0.113. The van der Waals surface area contributed by atoms with Gasteiger partial charge in [0.1, 0.15) is 5.82 Å². The first-order valence-corrected chi connectivity index (χ1v) is 7.73. The minimum atomic E-state index is -0.281. The van der Waals surface area contributed by atoms with Crippen LogP contribution in [0.2, 0.25) is 0 Å². The summed E-state index contributed by atoms with van der Waals surface area (Å²) >= 11 is 1.37. The maximum Gasteiger partial charge on any atom is 0.234 e. The Morgan fingerprint density at radius 3 is 2.73 bits per heavy atom. The Balaban J connectivity index is 1.67. The molecule has 1 aromatic heterocycles. The minimum Gasteiger partial charge on any atom is -0.325 e. The van der Waals surface area contributed by atoms with Gasteiger partial charge in [-0.15, -0.1) is 11.8 Å². The number of rotatable bonds is 4. The van der Waals surface area contributed by atoms with Gasteiger partial charge in [0.2, 0.25) is 5.91 Å². The maximum absolute atomic E-state index is 12.8. The Morgan fingerprint density at radius 2 is 1.91 bits per heavy atom. The molecule has 0 aliphatic rings. The molecule has 1 heterocycles. The summed E-state index contributed by atoms with van der Waals surface area (Å²) < 4.78 is 12.8. The molecule has 1 amide bonds. The first-order valence-electron chi connectivity index (χ1n) is 6.74. The van der Waals surface area contributed by atoms with Crippen molar-refractivity contribution in [2.45, 2.75) is 4.90 Å². The second kappa shape index (κ2) is 6.58. The highest BCUT2D eigenvalue weighted by molar-refractivity contribution is 8.00. The van der Waals surface area contributed by atoms with E-state index in [1.165, 1.54) is 23.9 Å². The van der Waals surface area contributed by atoms with Gasteiger partial charge >= 0.3 is 0 Å². The summed E-state index contributed by atoms with van der Waals surface area (Å²) in [6, 6.07) is 15.5. The predicted octanol–water partition coefficient (Wildman–Crippen LogP) is 4.10. The zero-order chi connectivity index (χ0) is 15.4. The molecule has 0 aliphatic carbocycles. The SMILES string of the molecule is O=C(CSc1ccc(F)cc1)Nc1cccc2ncccc12. The summed E-state index contributed by atoms with van der Waals surface area (Å²) in [7, 11) is 0. The van der Waals surface area contributed by atoms with Crippen LogP contribution in [0.4, 0.5) is 10.1 Å². The van der Waals surface area contributed by atoms with Crippen molar-refractivity contribution in [1.29, 1.82) is 0 Å². The zero-order valence-corrected chi connectivity index (χ0v) is 12.4. The highest BCUT2D eigenvalue weighted by Gasteiger charge is 2.07. The number of nitrogens with one attached hydrogen (secondary N) is 1. The van der Waals surface area contributed by atoms with Gasteiger partial charge in [-0.05, 0) is 48.5 Å². The summed E-state index contributed by atoms with van der Waals surface area (Å²) in [6.07, 6.45) is 1.72. The fraction of sp³-hybridized carbons (Fsp3) is 0.0588. The van der Waals surface area contributed by atoms with Crippen LogP contribution < -0.4 is 5.32 Å². The van der Waals surface area contributed by atoms with Gasteiger partial charge in [-0.1, -0.05) is 6.07 Å². The largest absolute Gasteiger partial charge is 0.325 e. The van der Waals surface area contributed by atoms with Gasteiger partial charge in [-0.25, -0.2) is 4.39 Å². The molecule has 0 radical (unpaired) electrons. The van der Waals surface area contributed by atoms with Crippen molar-refractivity contribution in [1.82, 2.24) is 4.98 Å². The molecule has 5 heteroatoms. The van der Waals surface area contributed by atoms with Gasteiger partial charge in [0.05, 0.1) is 17.0 Å². The summed E-state index contributed by atoms with van der Waals surface area (Å²) in [5, 5.41) is 3.80. The number of halogens is 1. The molecule has 0 saturated heterocycles. The molecule has 1 N–H and O–H groups in total. The van der Waals surface area contributed by atoms with Crippen molar-refractivity contribution in [3.05, 3.63) is 66.6 Å². The predicted molar refractivity (Wildman–Crippen MR) is 87.5 cm³/mol. The Morgan fingerprint density at radius 1 is 1.09 bits per heavy atom. The molecule has 0 unspecified atom stereocenters. The fourth-order valence-corrected chi connectivity index (χ4v) is 2.78. The monoisotopic (exact) mass is 312 g/mol. The number of nitrogens with zero attached hydrogens (tertiary/aromatic N) is 1. The summed E-state index contributed by atoms with van der Waals surface area (Å²) in [5.74, 6) is -0.120. The minimum absolute atomic E-state index is 0.106. The average molecular weight is 312 g/mol. The molecule has 0 fully saturated rings. The third-order valence-corrected chi connectivity index (χ3v) is 4.12. The summed E-state index contributed by atoms with van der Waals surface area (Å²) in [5.41, 5.74) is 1.58. The van der Waals surface area contributed by atoms with Gasteiger partial charge in [-0.2, -0.15) is 0 Å². The van der Waals surface area contributed by atoms with Crippen molar-refractivity contribution < 1.29 is 9.18 Å². The number of benzene rings is 2. The molecule has 110 valence electrons. The molecule has 0 aliphatic heterocycles.